The van der Waals surface area contributed by atoms with Crippen LogP contribution in [0.5, 0.6) is 0 Å². The van der Waals surface area contributed by atoms with Gasteiger partial charge >= 0.3 is 0 Å². The Kier molecular flexibility index (Phi) is 5.38. The number of aromatic nitrogens is 2. The number of anilines is 2. The minimum atomic E-state index is -0.590. The molecule has 0 fully saturated rings. The third-order valence-corrected chi connectivity index (χ3v) is 3.68. The number of benzene rings is 2. The lowest BCUT2D eigenvalue weighted by atomic mass is 10.2. The van der Waals surface area contributed by atoms with Crippen molar-refractivity contribution in [1.82, 2.24) is 9.97 Å². The lowest BCUT2D eigenvalue weighted by Crippen LogP contribution is -1.98. The van der Waals surface area contributed by atoms with Gasteiger partial charge in [-0.15, -0.1) is 12.4 Å². The van der Waals surface area contributed by atoms with E-state index < -0.39 is 10.7 Å². The van der Waals surface area contributed by atoms with Gasteiger partial charge < -0.3 is 5.32 Å². The molecule has 0 saturated heterocycles. The first kappa shape index (κ1) is 18.1. The van der Waals surface area contributed by atoms with Crippen molar-refractivity contribution >= 4 is 63.7 Å². The molecular weight excluding hydrogens is 382 g/mol. The topological polar surface area (TPSA) is 81.0 Å². The Hall–Kier alpha value is -2.22. The van der Waals surface area contributed by atoms with Gasteiger partial charge in [0.15, 0.2) is 0 Å². The van der Waals surface area contributed by atoms with E-state index in [4.69, 9.17) is 23.2 Å². The Bertz CT molecular complexity index is 939. The average Bonchev–Trinajstić information content (AvgIpc) is 2.50. The first-order valence-electron chi connectivity index (χ1n) is 6.26. The van der Waals surface area contributed by atoms with E-state index in [-0.39, 0.29) is 28.1 Å². The second-order valence-corrected chi connectivity index (χ2v) is 5.37. The number of nitrogens with zero attached hydrogens (tertiary/aromatic N) is 3. The van der Waals surface area contributed by atoms with Crippen molar-refractivity contribution in [2.24, 2.45) is 0 Å². The Morgan fingerprint density at radius 3 is 2.54 bits per heavy atom. The van der Waals surface area contributed by atoms with Crippen LogP contribution in [0.1, 0.15) is 0 Å². The molecule has 3 rings (SSSR count). The number of halogens is 4. The van der Waals surface area contributed by atoms with Crippen LogP contribution >= 0.6 is 35.6 Å². The Morgan fingerprint density at radius 2 is 1.88 bits per heavy atom. The monoisotopic (exact) mass is 388 g/mol. The van der Waals surface area contributed by atoms with Gasteiger partial charge in [-0.2, -0.15) is 0 Å². The third-order valence-electron chi connectivity index (χ3n) is 3.08. The Morgan fingerprint density at radius 1 is 1.12 bits per heavy atom. The van der Waals surface area contributed by atoms with Gasteiger partial charge in [-0.3, -0.25) is 10.1 Å². The molecular formula is C14H8Cl3FN4O2. The van der Waals surface area contributed by atoms with Crippen molar-refractivity contribution in [3.05, 3.63) is 62.6 Å². The third kappa shape index (κ3) is 3.48. The molecule has 0 spiro atoms. The van der Waals surface area contributed by atoms with Crippen LogP contribution in [0.25, 0.3) is 10.9 Å². The normalized spacial score (nSPS) is 10.3. The van der Waals surface area contributed by atoms with Crippen molar-refractivity contribution in [3.63, 3.8) is 0 Å². The van der Waals surface area contributed by atoms with Crippen LogP contribution in [0, 0.1) is 15.9 Å². The molecule has 1 aromatic heterocycles. The maximum atomic E-state index is 13.2. The first-order chi connectivity index (χ1) is 11.0. The summed E-state index contributed by atoms with van der Waals surface area (Å²) in [5.41, 5.74) is 0.662. The van der Waals surface area contributed by atoms with E-state index in [1.807, 2.05) is 0 Å². The number of fused-ring (bicyclic) bond motifs is 1. The van der Waals surface area contributed by atoms with Gasteiger partial charge in [0.25, 0.3) is 5.69 Å². The molecule has 0 aliphatic rings. The number of hydrogen-bond acceptors (Lipinski definition) is 5. The Labute approximate surface area is 151 Å². The highest BCUT2D eigenvalue weighted by Crippen LogP contribution is 2.32. The molecule has 0 aliphatic heterocycles. The van der Waals surface area contributed by atoms with E-state index in [0.717, 1.165) is 0 Å². The number of nitro benzene ring substituents is 1. The summed E-state index contributed by atoms with van der Waals surface area (Å²) in [6, 6.07) is 6.73. The number of nitro groups is 1. The van der Waals surface area contributed by atoms with Crippen LogP contribution in [-0.4, -0.2) is 14.9 Å². The smallest absolute Gasteiger partial charge is 0.288 e. The molecule has 0 aliphatic carbocycles. The summed E-state index contributed by atoms with van der Waals surface area (Å²) < 4.78 is 13.2. The minimum Gasteiger partial charge on any atom is -0.340 e. The van der Waals surface area contributed by atoms with E-state index in [1.54, 1.807) is 0 Å². The van der Waals surface area contributed by atoms with Gasteiger partial charge in [-0.05, 0) is 24.3 Å². The van der Waals surface area contributed by atoms with Gasteiger partial charge in [0, 0.05) is 17.1 Å². The number of nitrogens with one attached hydrogen (secondary N) is 1. The molecule has 3 aromatic rings. The van der Waals surface area contributed by atoms with Crippen LogP contribution in [0.15, 0.2) is 36.7 Å². The second kappa shape index (κ2) is 7.12. The lowest BCUT2D eigenvalue weighted by Gasteiger charge is -2.09. The fraction of sp³-hybridized carbons (Fsp3) is 0. The van der Waals surface area contributed by atoms with E-state index in [9.17, 15) is 14.5 Å². The summed E-state index contributed by atoms with van der Waals surface area (Å²) in [7, 11) is 0. The van der Waals surface area contributed by atoms with Gasteiger partial charge in [-0.1, -0.05) is 23.2 Å². The molecule has 1 N–H and O–H groups in total. The largest absolute Gasteiger partial charge is 0.340 e. The van der Waals surface area contributed by atoms with Gasteiger partial charge in [0.1, 0.15) is 23.0 Å². The van der Waals surface area contributed by atoms with Crippen molar-refractivity contribution in [3.8, 4) is 0 Å². The zero-order valence-corrected chi connectivity index (χ0v) is 14.0. The number of rotatable bonds is 3. The maximum Gasteiger partial charge on any atom is 0.288 e. The summed E-state index contributed by atoms with van der Waals surface area (Å²) in [6.45, 7) is 0. The van der Waals surface area contributed by atoms with Gasteiger partial charge in [0.05, 0.1) is 15.5 Å². The fourth-order valence-electron chi connectivity index (χ4n) is 2.02. The van der Waals surface area contributed by atoms with Crippen LogP contribution in [-0.2, 0) is 0 Å². The van der Waals surface area contributed by atoms with Crippen molar-refractivity contribution in [2.45, 2.75) is 0 Å². The fourth-order valence-corrected chi connectivity index (χ4v) is 2.42. The van der Waals surface area contributed by atoms with Crippen molar-refractivity contribution in [2.75, 3.05) is 5.32 Å². The van der Waals surface area contributed by atoms with E-state index >= 15 is 0 Å². The standard InChI is InChI=1S/C14H7Cl2FN4O2.ClH/c15-9-3-7(1-2-11(9)17)20-14-8-4-13(21(22)23)10(16)5-12(8)18-6-19-14;/h1-6H,(H,18,19,20);1H. The van der Waals surface area contributed by atoms with Gasteiger partial charge in [-0.25, -0.2) is 14.4 Å². The highest BCUT2D eigenvalue weighted by Gasteiger charge is 2.16. The molecule has 10 heteroatoms. The molecule has 0 amide bonds. The molecule has 2 aromatic carbocycles. The van der Waals surface area contributed by atoms with Crippen molar-refractivity contribution in [1.29, 1.82) is 0 Å². The van der Waals surface area contributed by atoms with Crippen LogP contribution in [0.3, 0.4) is 0 Å². The van der Waals surface area contributed by atoms with E-state index in [2.05, 4.69) is 15.3 Å². The van der Waals surface area contributed by atoms with Gasteiger partial charge in [0.2, 0.25) is 0 Å². The second-order valence-electron chi connectivity index (χ2n) is 4.55. The molecule has 124 valence electrons. The summed E-state index contributed by atoms with van der Waals surface area (Å²) in [5.74, 6) is -0.232. The first-order valence-corrected chi connectivity index (χ1v) is 7.02. The molecule has 0 unspecified atom stereocenters. The number of hydrogen-bond donors (Lipinski definition) is 1. The van der Waals surface area contributed by atoms with Crippen LogP contribution in [0.4, 0.5) is 21.6 Å². The van der Waals surface area contributed by atoms with Crippen molar-refractivity contribution < 1.29 is 9.31 Å². The quantitative estimate of drug-likeness (QED) is 0.495. The minimum absolute atomic E-state index is 0. The zero-order valence-electron chi connectivity index (χ0n) is 11.7. The summed E-state index contributed by atoms with van der Waals surface area (Å²) in [5, 5.41) is 14.3. The van der Waals surface area contributed by atoms with Crippen LogP contribution < -0.4 is 5.32 Å². The average molecular weight is 390 g/mol. The maximum absolute atomic E-state index is 13.2. The Balaban J connectivity index is 0.00000208. The highest BCUT2D eigenvalue weighted by atomic mass is 35.5. The SMILES string of the molecule is Cl.O=[N+]([O-])c1cc2c(Nc3ccc(F)c(Cl)c3)ncnc2cc1Cl. The molecule has 0 radical (unpaired) electrons. The summed E-state index contributed by atoms with van der Waals surface area (Å²) >= 11 is 11.6. The molecule has 0 bridgehead atoms. The molecule has 24 heavy (non-hydrogen) atoms. The molecule has 6 nitrogen and oxygen atoms in total. The summed E-state index contributed by atoms with van der Waals surface area (Å²) in [4.78, 5) is 18.5. The predicted molar refractivity (Wildman–Crippen MR) is 93.1 cm³/mol. The van der Waals surface area contributed by atoms with E-state index in [1.165, 1.54) is 36.7 Å². The molecule has 0 atom stereocenters. The highest BCUT2D eigenvalue weighted by molar-refractivity contribution is 6.33. The summed E-state index contributed by atoms with van der Waals surface area (Å²) in [6.07, 6.45) is 1.29. The van der Waals surface area contributed by atoms with E-state index in [0.29, 0.717) is 22.4 Å². The predicted octanol–water partition coefficient (Wildman–Crippen LogP) is 5.15. The zero-order chi connectivity index (χ0) is 16.6. The lowest BCUT2D eigenvalue weighted by molar-refractivity contribution is -0.384. The molecule has 0 saturated carbocycles. The van der Waals surface area contributed by atoms with Crippen LogP contribution in [0.2, 0.25) is 10.0 Å². The molecule has 1 heterocycles.